The lowest BCUT2D eigenvalue weighted by Crippen LogP contribution is -2.38. The number of rotatable bonds is 9. The lowest BCUT2D eigenvalue weighted by atomic mass is 9.83. The molecule has 4 heteroatoms. The molecule has 1 aliphatic carbocycles. The van der Waals surface area contributed by atoms with Crippen LogP contribution in [-0.2, 0) is 9.59 Å². The first-order valence-electron chi connectivity index (χ1n) is 9.57. The van der Waals surface area contributed by atoms with Gasteiger partial charge in [-0.2, -0.15) is 0 Å². The van der Waals surface area contributed by atoms with E-state index < -0.39 is 0 Å². The van der Waals surface area contributed by atoms with Crippen molar-refractivity contribution in [3.8, 4) is 0 Å². The van der Waals surface area contributed by atoms with Gasteiger partial charge in [0.25, 0.3) is 0 Å². The number of likely N-dealkylation sites (N-methyl/N-ethyl adjacent to an activating group) is 1. The van der Waals surface area contributed by atoms with Crippen LogP contribution in [0.5, 0.6) is 0 Å². The predicted octanol–water partition coefficient (Wildman–Crippen LogP) is 3.41. The van der Waals surface area contributed by atoms with Crippen molar-refractivity contribution in [3.05, 3.63) is 11.3 Å². The molecule has 1 unspecified atom stereocenters. The maximum absolute atomic E-state index is 11.4. The molecule has 24 heavy (non-hydrogen) atoms. The first-order valence-corrected chi connectivity index (χ1v) is 9.57. The molecule has 0 saturated heterocycles. The maximum Gasteiger partial charge on any atom is 0.142 e. The van der Waals surface area contributed by atoms with E-state index in [-0.39, 0.29) is 11.5 Å². The first-order chi connectivity index (χ1) is 11.5. The highest BCUT2D eigenvalue weighted by molar-refractivity contribution is 5.59. The highest BCUT2D eigenvalue weighted by Crippen LogP contribution is 2.40. The van der Waals surface area contributed by atoms with E-state index in [1.54, 1.807) is 0 Å². The van der Waals surface area contributed by atoms with Crippen molar-refractivity contribution in [2.75, 3.05) is 26.7 Å². The summed E-state index contributed by atoms with van der Waals surface area (Å²) in [5.41, 5.74) is 2.73. The molecule has 0 radical (unpaired) electrons. The van der Waals surface area contributed by atoms with E-state index in [0.717, 1.165) is 58.0 Å². The summed E-state index contributed by atoms with van der Waals surface area (Å²) in [5.74, 6) is 0. The molecule has 0 bridgehead atoms. The molecular formula is C20H34N2O2. The van der Waals surface area contributed by atoms with Gasteiger partial charge in [-0.05, 0) is 51.6 Å². The van der Waals surface area contributed by atoms with Gasteiger partial charge >= 0.3 is 0 Å². The van der Waals surface area contributed by atoms with Crippen molar-refractivity contribution < 1.29 is 9.59 Å². The fourth-order valence-corrected chi connectivity index (χ4v) is 4.31. The summed E-state index contributed by atoms with van der Waals surface area (Å²) in [7, 11) is 2.02. The molecule has 1 atom stereocenters. The van der Waals surface area contributed by atoms with Gasteiger partial charge in [0.05, 0.1) is 6.04 Å². The number of unbranched alkanes of at least 4 members (excludes halogenated alkanes) is 1. The molecule has 0 spiro atoms. The highest BCUT2D eigenvalue weighted by atomic mass is 16.1. The second-order valence-electron chi connectivity index (χ2n) is 7.89. The predicted molar refractivity (Wildman–Crippen MR) is 97.9 cm³/mol. The molecule has 1 saturated carbocycles. The normalized spacial score (nSPS) is 22.5. The summed E-state index contributed by atoms with van der Waals surface area (Å²) in [6.45, 7) is 7.33. The van der Waals surface area contributed by atoms with Crippen LogP contribution in [0.3, 0.4) is 0 Å². The van der Waals surface area contributed by atoms with Crippen LogP contribution in [0.25, 0.3) is 0 Å². The van der Waals surface area contributed by atoms with Crippen molar-refractivity contribution in [1.82, 2.24) is 9.80 Å². The Morgan fingerprint density at radius 2 is 1.96 bits per heavy atom. The molecule has 0 aromatic heterocycles. The molecule has 0 N–H and O–H groups in total. The highest BCUT2D eigenvalue weighted by Gasteiger charge is 2.32. The Morgan fingerprint density at radius 3 is 2.54 bits per heavy atom. The van der Waals surface area contributed by atoms with Gasteiger partial charge in [-0.25, -0.2) is 0 Å². The molecule has 0 aromatic carbocycles. The van der Waals surface area contributed by atoms with Gasteiger partial charge in [-0.3, -0.25) is 4.90 Å². The number of aldehydes is 2. The summed E-state index contributed by atoms with van der Waals surface area (Å²) in [6.07, 6.45) is 11.4. The molecule has 2 rings (SSSR count). The summed E-state index contributed by atoms with van der Waals surface area (Å²) in [6, 6.07) is -0.0487. The standard InChI is InChI=1S/C20H34N2O2/c1-17-14-22(13-8-19(17)21(3)18(2)15-23)12-7-6-11-20(16-24)9-4-5-10-20/h15-16,18H,4-14H2,1-3H3. The number of carbonyl (C=O) groups excluding carboxylic acids is 2. The number of carbonyl (C=O) groups is 2. The maximum atomic E-state index is 11.4. The molecule has 0 amide bonds. The van der Waals surface area contributed by atoms with Crippen molar-refractivity contribution >= 4 is 12.6 Å². The molecule has 136 valence electrons. The third-order valence-electron chi connectivity index (χ3n) is 6.10. The van der Waals surface area contributed by atoms with Gasteiger partial charge in [-0.15, -0.1) is 0 Å². The van der Waals surface area contributed by atoms with E-state index in [1.807, 2.05) is 14.0 Å². The first kappa shape index (κ1) is 19.2. The fraction of sp³-hybridized carbons (Fsp3) is 0.800. The van der Waals surface area contributed by atoms with Crippen molar-refractivity contribution in [1.29, 1.82) is 0 Å². The van der Waals surface area contributed by atoms with Crippen LogP contribution in [0.2, 0.25) is 0 Å². The van der Waals surface area contributed by atoms with Gasteiger partial charge in [0.1, 0.15) is 12.6 Å². The average molecular weight is 335 g/mol. The second-order valence-corrected chi connectivity index (χ2v) is 7.89. The third kappa shape index (κ3) is 4.69. The Balaban J connectivity index is 1.75. The van der Waals surface area contributed by atoms with E-state index in [9.17, 15) is 9.59 Å². The van der Waals surface area contributed by atoms with Gasteiger partial charge < -0.3 is 14.5 Å². The summed E-state index contributed by atoms with van der Waals surface area (Å²) >= 11 is 0. The molecule has 4 nitrogen and oxygen atoms in total. The molecule has 2 aliphatic rings. The zero-order chi connectivity index (χ0) is 17.6. The monoisotopic (exact) mass is 334 g/mol. The van der Waals surface area contributed by atoms with Gasteiger partial charge in [0, 0.05) is 37.7 Å². The Morgan fingerprint density at radius 1 is 1.25 bits per heavy atom. The minimum absolute atomic E-state index is 0.0125. The van der Waals surface area contributed by atoms with Gasteiger partial charge in [-0.1, -0.05) is 19.3 Å². The Bertz CT molecular complexity index is 466. The van der Waals surface area contributed by atoms with Crippen LogP contribution < -0.4 is 0 Å². The summed E-state index contributed by atoms with van der Waals surface area (Å²) in [4.78, 5) is 27.0. The topological polar surface area (TPSA) is 40.6 Å². The third-order valence-corrected chi connectivity index (χ3v) is 6.10. The van der Waals surface area contributed by atoms with E-state index in [2.05, 4.69) is 16.7 Å². The van der Waals surface area contributed by atoms with Crippen molar-refractivity contribution in [2.24, 2.45) is 5.41 Å². The van der Waals surface area contributed by atoms with Crippen LogP contribution in [-0.4, -0.2) is 55.1 Å². The zero-order valence-corrected chi connectivity index (χ0v) is 15.7. The molecule has 1 heterocycles. The molecular weight excluding hydrogens is 300 g/mol. The van der Waals surface area contributed by atoms with Crippen molar-refractivity contribution in [3.63, 3.8) is 0 Å². The minimum atomic E-state index is -0.0487. The van der Waals surface area contributed by atoms with E-state index >= 15 is 0 Å². The van der Waals surface area contributed by atoms with Gasteiger partial charge in [0.2, 0.25) is 0 Å². The number of hydrogen-bond acceptors (Lipinski definition) is 4. The Kier molecular flexibility index (Phi) is 7.02. The van der Waals surface area contributed by atoms with E-state index in [0.29, 0.717) is 0 Å². The summed E-state index contributed by atoms with van der Waals surface area (Å²) in [5, 5.41) is 0. The van der Waals surface area contributed by atoms with Gasteiger partial charge in [0.15, 0.2) is 0 Å². The minimum Gasteiger partial charge on any atom is -0.368 e. The van der Waals surface area contributed by atoms with Crippen LogP contribution in [0.15, 0.2) is 11.3 Å². The molecule has 1 aliphatic heterocycles. The fourth-order valence-electron chi connectivity index (χ4n) is 4.31. The van der Waals surface area contributed by atoms with E-state index in [4.69, 9.17) is 0 Å². The number of nitrogens with zero attached hydrogens (tertiary/aromatic N) is 2. The Hall–Kier alpha value is -1.16. The summed E-state index contributed by atoms with van der Waals surface area (Å²) < 4.78 is 0. The van der Waals surface area contributed by atoms with E-state index in [1.165, 1.54) is 36.8 Å². The quantitative estimate of drug-likeness (QED) is 0.478. The average Bonchev–Trinajstić information content (AvgIpc) is 3.07. The van der Waals surface area contributed by atoms with Crippen molar-refractivity contribution in [2.45, 2.75) is 71.3 Å². The lowest BCUT2D eigenvalue weighted by molar-refractivity contribution is -0.116. The second kappa shape index (κ2) is 8.80. The largest absolute Gasteiger partial charge is 0.368 e. The lowest BCUT2D eigenvalue weighted by Gasteiger charge is -2.35. The SMILES string of the molecule is CC1=C(N(C)C(C)C=O)CCN(CCCCC2(C=O)CCCC2)C1. The smallest absolute Gasteiger partial charge is 0.142 e. The number of hydrogen-bond donors (Lipinski definition) is 0. The van der Waals surface area contributed by atoms with Crippen LogP contribution in [0.1, 0.15) is 65.2 Å². The molecule has 1 fully saturated rings. The van der Waals surface area contributed by atoms with Crippen LogP contribution in [0.4, 0.5) is 0 Å². The van der Waals surface area contributed by atoms with Crippen LogP contribution >= 0.6 is 0 Å². The molecule has 0 aromatic rings. The zero-order valence-electron chi connectivity index (χ0n) is 15.7. The van der Waals surface area contributed by atoms with Crippen LogP contribution in [0, 0.1) is 5.41 Å². The Labute approximate surface area is 147 Å².